The fourth-order valence-electron chi connectivity index (χ4n) is 2.64. The van der Waals surface area contributed by atoms with Crippen LogP contribution < -0.4 is 0 Å². The lowest BCUT2D eigenvalue weighted by molar-refractivity contribution is -0.384. The minimum atomic E-state index is -4.03. The van der Waals surface area contributed by atoms with E-state index in [0.717, 1.165) is 6.26 Å². The molecule has 0 radical (unpaired) electrons. The average Bonchev–Trinajstić information content (AvgIpc) is 3.06. The van der Waals surface area contributed by atoms with Gasteiger partial charge < -0.3 is 9.64 Å². The predicted molar refractivity (Wildman–Crippen MR) is 96.8 cm³/mol. The monoisotopic (exact) mass is 421 g/mol. The van der Waals surface area contributed by atoms with Gasteiger partial charge in [0, 0.05) is 40.7 Å². The average molecular weight is 421 g/mol. The molecule has 2 atom stereocenters. The highest BCUT2D eigenvalue weighted by molar-refractivity contribution is 7.86. The molecule has 0 unspecified atom stereocenters. The third kappa shape index (κ3) is 5.63. The van der Waals surface area contributed by atoms with Gasteiger partial charge in [-0.3, -0.25) is 24.0 Å². The molecule has 1 heterocycles. The van der Waals surface area contributed by atoms with E-state index in [1.54, 1.807) is 0 Å². The van der Waals surface area contributed by atoms with Crippen LogP contribution in [0, 0.1) is 10.1 Å². The molecule has 11 nitrogen and oxygen atoms in total. The van der Waals surface area contributed by atoms with E-state index in [0.29, 0.717) is 10.5 Å². The van der Waals surface area contributed by atoms with E-state index < -0.39 is 72.7 Å². The van der Waals surface area contributed by atoms with Crippen molar-refractivity contribution in [1.29, 1.82) is 0 Å². The summed E-state index contributed by atoms with van der Waals surface area (Å²) < 4.78 is 77.4. The van der Waals surface area contributed by atoms with E-state index >= 15 is 0 Å². The minimum absolute atomic E-state index is 0.199. The number of likely N-dealkylation sites (N-methyl/N-ethyl adjacent to an activating group) is 1. The molecule has 0 aliphatic carbocycles. The summed E-state index contributed by atoms with van der Waals surface area (Å²) in [5, 5.41) is 10.7. The van der Waals surface area contributed by atoms with Crippen LogP contribution in [0.4, 0.5) is 10.5 Å². The highest BCUT2D eigenvalue weighted by Gasteiger charge is 2.42. The number of nitrogens with zero attached hydrogens (tertiary/aromatic N) is 3. The Labute approximate surface area is 170 Å². The van der Waals surface area contributed by atoms with Gasteiger partial charge in [-0.15, -0.1) is 0 Å². The number of carbonyl (C=O) groups is 2. The Bertz CT molecular complexity index is 1030. The van der Waals surface area contributed by atoms with E-state index in [4.69, 9.17) is 17.1 Å². The largest absolute Gasteiger partial charge is 0.445 e. The number of nitro benzene ring substituents is 1. The number of ether oxygens (including phenoxy) is 1. The molecule has 0 bridgehead atoms. The van der Waals surface area contributed by atoms with Crippen LogP contribution in [0.2, 0.25) is 0 Å². The molecule has 0 spiro atoms. The summed E-state index contributed by atoms with van der Waals surface area (Å²) in [5.41, 5.74) is 0.145. The summed E-state index contributed by atoms with van der Waals surface area (Å²) in [5.74, 6) is -1.47. The first-order valence-corrected chi connectivity index (χ1v) is 9.61. The summed E-state index contributed by atoms with van der Waals surface area (Å²) >= 11 is 0. The van der Waals surface area contributed by atoms with Gasteiger partial charge >= 0.3 is 6.09 Å². The first-order chi connectivity index (χ1) is 15.4. The van der Waals surface area contributed by atoms with Crippen LogP contribution in [-0.4, -0.2) is 74.0 Å². The molecule has 1 fully saturated rings. The van der Waals surface area contributed by atoms with Gasteiger partial charge in [-0.1, -0.05) is 0 Å². The van der Waals surface area contributed by atoms with E-state index in [2.05, 4.69) is 0 Å². The molecule has 1 saturated heterocycles. The van der Waals surface area contributed by atoms with Crippen LogP contribution in [-0.2, 0) is 30.4 Å². The highest BCUT2D eigenvalue weighted by Crippen LogP contribution is 2.24. The summed E-state index contributed by atoms with van der Waals surface area (Å²) in [6, 6.07) is 3.28. The van der Waals surface area contributed by atoms with Crippen molar-refractivity contribution in [2.24, 2.45) is 0 Å². The first kappa shape index (κ1) is 14.3. The maximum absolute atomic E-state index is 12.9. The molecule has 2 rings (SSSR count). The number of nitro groups is 1. The van der Waals surface area contributed by atoms with Crippen molar-refractivity contribution in [3.05, 3.63) is 39.9 Å². The number of benzene rings is 1. The minimum Gasteiger partial charge on any atom is -0.445 e. The molecule has 154 valence electrons. The van der Waals surface area contributed by atoms with E-state index in [-0.39, 0.29) is 10.6 Å². The lowest BCUT2D eigenvalue weighted by atomic mass is 10.2. The molecule has 1 aliphatic heterocycles. The van der Waals surface area contributed by atoms with Gasteiger partial charge in [0.1, 0.15) is 12.6 Å². The van der Waals surface area contributed by atoms with Crippen LogP contribution >= 0.6 is 0 Å². The number of hydrogen-bond donors (Lipinski definition) is 0. The van der Waals surface area contributed by atoms with Crippen molar-refractivity contribution in [3.8, 4) is 0 Å². The Hall–Kier alpha value is -2.73. The fraction of sp³-hybridized carbons (Fsp3) is 0.500. The Kier molecular flexibility index (Phi) is 4.35. The van der Waals surface area contributed by atoms with Crippen LogP contribution in [0.25, 0.3) is 0 Å². The van der Waals surface area contributed by atoms with Crippen molar-refractivity contribution in [3.63, 3.8) is 0 Å². The molecule has 0 N–H and O–H groups in total. The van der Waals surface area contributed by atoms with Gasteiger partial charge in [0.2, 0.25) is 5.91 Å². The lowest BCUT2D eigenvalue weighted by Gasteiger charge is -2.25. The quantitative estimate of drug-likeness (QED) is 0.373. The molecule has 1 aliphatic rings. The fourth-order valence-corrected chi connectivity index (χ4v) is 3.27. The molecule has 12 heteroatoms. The summed E-state index contributed by atoms with van der Waals surface area (Å²) in [7, 11) is -4.03. The molecule has 28 heavy (non-hydrogen) atoms. The number of hydrogen-bond acceptors (Lipinski definition) is 8. The lowest BCUT2D eigenvalue weighted by Crippen LogP contribution is -2.45. The smallest absolute Gasteiger partial charge is 0.410 e. The number of non-ortho nitro benzene ring substituents is 1. The summed E-state index contributed by atoms with van der Waals surface area (Å²) in [6.45, 7) is -7.66. The van der Waals surface area contributed by atoms with Gasteiger partial charge in [0.05, 0.1) is 23.8 Å². The third-order valence-electron chi connectivity index (χ3n) is 3.82. The van der Waals surface area contributed by atoms with Crippen LogP contribution in [0.3, 0.4) is 0 Å². The summed E-state index contributed by atoms with van der Waals surface area (Å²) in [6.07, 6.45) is -2.20. The van der Waals surface area contributed by atoms with Crippen LogP contribution in [0.1, 0.15) is 20.2 Å². The van der Waals surface area contributed by atoms with Crippen molar-refractivity contribution in [2.75, 3.05) is 26.8 Å². The van der Waals surface area contributed by atoms with Crippen LogP contribution in [0.5, 0.6) is 0 Å². The van der Waals surface area contributed by atoms with Gasteiger partial charge in [-0.25, -0.2) is 4.79 Å². The number of amides is 2. The van der Waals surface area contributed by atoms with E-state index in [9.17, 15) is 28.1 Å². The standard InChI is InChI=1S/C16H21N3O8S/c1-17(2)15(20)14-8-13(27-28(3,24)25)9-18(14)16(21)26-10-11-4-6-12(7-5-11)19(22)23/h4-7,13-14H,8-10H2,1-3H3/t13-,14+/m1/s1/i1D3,2D3. The number of carbonyl (C=O) groups excluding carboxylic acids is 2. The molecule has 0 saturated carbocycles. The molecular weight excluding hydrogens is 394 g/mol. The molecule has 0 aromatic heterocycles. The van der Waals surface area contributed by atoms with E-state index in [1.807, 2.05) is 0 Å². The topological polar surface area (TPSA) is 136 Å². The zero-order chi connectivity index (χ0) is 26.1. The zero-order valence-electron chi connectivity index (χ0n) is 20.6. The second-order valence-corrected chi connectivity index (χ2v) is 7.58. The second kappa shape index (κ2) is 8.52. The molecular formula is C16H21N3O8S. The normalized spacial score (nSPS) is 23.4. The maximum Gasteiger partial charge on any atom is 0.410 e. The third-order valence-corrected chi connectivity index (χ3v) is 4.44. The van der Waals surface area contributed by atoms with Crippen molar-refractivity contribution in [1.82, 2.24) is 9.80 Å². The Morgan fingerprint density at radius 2 is 2.00 bits per heavy atom. The maximum atomic E-state index is 12.9. The van der Waals surface area contributed by atoms with Crippen molar-refractivity contribution < 1.29 is 40.1 Å². The predicted octanol–water partition coefficient (Wildman–Crippen LogP) is 0.739. The van der Waals surface area contributed by atoms with Gasteiger partial charge in [-0.2, -0.15) is 8.42 Å². The van der Waals surface area contributed by atoms with E-state index in [1.165, 1.54) is 24.3 Å². The molecule has 1 aromatic rings. The summed E-state index contributed by atoms with van der Waals surface area (Å²) in [4.78, 5) is 36.1. The van der Waals surface area contributed by atoms with Crippen molar-refractivity contribution in [2.45, 2.75) is 25.2 Å². The highest BCUT2D eigenvalue weighted by atomic mass is 32.2. The van der Waals surface area contributed by atoms with Gasteiger partial charge in [-0.05, 0) is 17.7 Å². The number of likely N-dealkylation sites (tertiary alicyclic amines) is 1. The van der Waals surface area contributed by atoms with Gasteiger partial charge in [0.15, 0.2) is 0 Å². The van der Waals surface area contributed by atoms with Gasteiger partial charge in [0.25, 0.3) is 15.8 Å². The Morgan fingerprint density at radius 3 is 2.54 bits per heavy atom. The number of rotatable bonds is 6. The zero-order valence-corrected chi connectivity index (χ0v) is 15.4. The molecule has 1 aromatic carbocycles. The SMILES string of the molecule is [2H]C([2H])([2H])N(C(=O)[C@@H]1C[C@@H](OS(C)(=O)=O)CN1C(=O)OCc1ccc([N+](=O)[O-])cc1)C([2H])([2H])[2H]. The molecule has 2 amide bonds. The second-order valence-electron chi connectivity index (χ2n) is 5.98. The van der Waals surface area contributed by atoms with Crippen molar-refractivity contribution >= 4 is 27.8 Å². The Morgan fingerprint density at radius 1 is 1.36 bits per heavy atom. The first-order valence-electron chi connectivity index (χ1n) is 10.8. The van der Waals surface area contributed by atoms with Crippen LogP contribution in [0.15, 0.2) is 24.3 Å². The Balaban J connectivity index is 2.26.